The largest absolute Gasteiger partial charge is 0.243 e. The summed E-state index contributed by atoms with van der Waals surface area (Å²) in [5.74, 6) is 0.201. The van der Waals surface area contributed by atoms with Crippen LogP contribution in [0.15, 0.2) is 41.3 Å². The van der Waals surface area contributed by atoms with Gasteiger partial charge in [0.25, 0.3) is 0 Å². The van der Waals surface area contributed by atoms with Crippen LogP contribution in [0, 0.1) is 13.8 Å². The first-order valence-corrected chi connectivity index (χ1v) is 10.8. The fourth-order valence-electron chi connectivity index (χ4n) is 3.52. The third-order valence-corrected chi connectivity index (χ3v) is 7.24. The van der Waals surface area contributed by atoms with E-state index in [1.165, 1.54) is 0 Å². The van der Waals surface area contributed by atoms with Crippen molar-refractivity contribution in [3.63, 3.8) is 0 Å². The summed E-state index contributed by atoms with van der Waals surface area (Å²) in [5, 5.41) is 5.12. The topological polar surface area (TPSA) is 67.6 Å². The lowest BCUT2D eigenvalue weighted by Crippen LogP contribution is -2.37. The molecule has 0 N–H and O–H groups in total. The van der Waals surface area contributed by atoms with Crippen LogP contribution in [0.2, 0.25) is 5.15 Å². The van der Waals surface area contributed by atoms with E-state index in [0.717, 1.165) is 35.4 Å². The Morgan fingerprint density at radius 1 is 1.07 bits per heavy atom. The standard InChI is InChI=1S/C19H21ClN4O2S/c1-13-3-5-16(6-4-13)27(25,26)23-9-7-15(8-10-23)17-12-19-21-14(2)11-18(20)24(19)22-17/h3-6,11-12,15H,7-10H2,1-2H3. The molecule has 0 radical (unpaired) electrons. The summed E-state index contributed by atoms with van der Waals surface area (Å²) in [7, 11) is -3.45. The third kappa shape index (κ3) is 3.47. The zero-order valence-electron chi connectivity index (χ0n) is 15.3. The van der Waals surface area contributed by atoms with E-state index in [4.69, 9.17) is 11.6 Å². The molecule has 3 aromatic rings. The van der Waals surface area contributed by atoms with Gasteiger partial charge in [-0.1, -0.05) is 29.3 Å². The Kier molecular flexibility index (Phi) is 4.70. The predicted molar refractivity (Wildman–Crippen MR) is 105 cm³/mol. The fraction of sp³-hybridized carbons (Fsp3) is 0.368. The number of aromatic nitrogens is 3. The lowest BCUT2D eigenvalue weighted by Gasteiger charge is -2.30. The van der Waals surface area contributed by atoms with Gasteiger partial charge in [-0.15, -0.1) is 0 Å². The molecule has 3 heterocycles. The van der Waals surface area contributed by atoms with Gasteiger partial charge in [0, 0.05) is 30.8 Å². The number of sulfonamides is 1. The van der Waals surface area contributed by atoms with Crippen molar-refractivity contribution in [2.75, 3.05) is 13.1 Å². The van der Waals surface area contributed by atoms with E-state index in [9.17, 15) is 8.42 Å². The number of benzene rings is 1. The summed E-state index contributed by atoms with van der Waals surface area (Å²) >= 11 is 6.25. The molecule has 0 amide bonds. The van der Waals surface area contributed by atoms with Crippen LogP contribution in [0.3, 0.4) is 0 Å². The molecule has 0 saturated carbocycles. The second kappa shape index (κ2) is 6.89. The maximum absolute atomic E-state index is 12.8. The first-order chi connectivity index (χ1) is 12.8. The van der Waals surface area contributed by atoms with E-state index in [0.29, 0.717) is 23.1 Å². The van der Waals surface area contributed by atoms with Crippen LogP contribution in [0.5, 0.6) is 0 Å². The molecule has 6 nitrogen and oxygen atoms in total. The Morgan fingerprint density at radius 2 is 1.74 bits per heavy atom. The number of fused-ring (bicyclic) bond motifs is 1. The summed E-state index contributed by atoms with van der Waals surface area (Å²) in [4.78, 5) is 4.82. The van der Waals surface area contributed by atoms with Crippen LogP contribution in [-0.2, 0) is 10.0 Å². The second-order valence-electron chi connectivity index (χ2n) is 7.05. The summed E-state index contributed by atoms with van der Waals surface area (Å²) in [6.07, 6.45) is 1.46. The average Bonchev–Trinajstić information content (AvgIpc) is 3.06. The van der Waals surface area contributed by atoms with E-state index in [1.807, 2.05) is 32.0 Å². The molecule has 0 bridgehead atoms. The second-order valence-corrected chi connectivity index (χ2v) is 9.38. The molecule has 0 aliphatic carbocycles. The molecule has 0 spiro atoms. The summed E-state index contributed by atoms with van der Waals surface area (Å²) in [6, 6.07) is 10.7. The number of nitrogens with zero attached hydrogens (tertiary/aromatic N) is 4. The Bertz CT molecular complexity index is 1080. The third-order valence-electron chi connectivity index (χ3n) is 5.06. The number of piperidine rings is 1. The molecule has 0 atom stereocenters. The normalized spacial score (nSPS) is 16.9. The SMILES string of the molecule is Cc1ccc(S(=O)(=O)N2CCC(c3cc4nc(C)cc(Cl)n4n3)CC2)cc1. The van der Waals surface area contributed by atoms with Crippen molar-refractivity contribution >= 4 is 27.3 Å². The molecule has 142 valence electrons. The highest BCUT2D eigenvalue weighted by Gasteiger charge is 2.31. The zero-order chi connectivity index (χ0) is 19.2. The van der Waals surface area contributed by atoms with Gasteiger partial charge in [0.1, 0.15) is 5.15 Å². The van der Waals surface area contributed by atoms with Crippen LogP contribution in [0.1, 0.15) is 35.7 Å². The van der Waals surface area contributed by atoms with Crippen molar-refractivity contribution in [3.05, 3.63) is 58.5 Å². The van der Waals surface area contributed by atoms with Crippen LogP contribution in [0.25, 0.3) is 5.65 Å². The van der Waals surface area contributed by atoms with Gasteiger partial charge in [-0.05, 0) is 44.9 Å². The first-order valence-electron chi connectivity index (χ1n) is 8.94. The van der Waals surface area contributed by atoms with Crippen molar-refractivity contribution in [1.82, 2.24) is 18.9 Å². The van der Waals surface area contributed by atoms with Gasteiger partial charge in [-0.25, -0.2) is 17.9 Å². The summed E-state index contributed by atoms with van der Waals surface area (Å²) in [5.41, 5.74) is 3.53. The van der Waals surface area contributed by atoms with Crippen molar-refractivity contribution in [2.45, 2.75) is 37.5 Å². The van der Waals surface area contributed by atoms with Crippen LogP contribution >= 0.6 is 11.6 Å². The molecule has 1 fully saturated rings. The quantitative estimate of drug-likeness (QED) is 0.626. The van der Waals surface area contributed by atoms with E-state index in [2.05, 4.69) is 10.1 Å². The van der Waals surface area contributed by atoms with Crippen LogP contribution in [-0.4, -0.2) is 40.4 Å². The van der Waals surface area contributed by atoms with Crippen LogP contribution < -0.4 is 0 Å². The average molecular weight is 405 g/mol. The lowest BCUT2D eigenvalue weighted by atomic mass is 9.95. The summed E-state index contributed by atoms with van der Waals surface area (Å²) < 4.78 is 28.9. The highest BCUT2D eigenvalue weighted by molar-refractivity contribution is 7.89. The van der Waals surface area contributed by atoms with E-state index in [-0.39, 0.29) is 5.92 Å². The molecule has 0 unspecified atom stereocenters. The van der Waals surface area contributed by atoms with Crippen LogP contribution in [0.4, 0.5) is 0 Å². The van der Waals surface area contributed by atoms with Gasteiger partial charge < -0.3 is 0 Å². The monoisotopic (exact) mass is 404 g/mol. The van der Waals surface area contributed by atoms with Gasteiger partial charge in [0.2, 0.25) is 10.0 Å². The fourth-order valence-corrected chi connectivity index (χ4v) is 5.28. The lowest BCUT2D eigenvalue weighted by molar-refractivity contribution is 0.316. The minimum atomic E-state index is -3.45. The molecular formula is C19H21ClN4O2S. The van der Waals surface area contributed by atoms with Crippen molar-refractivity contribution in [2.24, 2.45) is 0 Å². The van der Waals surface area contributed by atoms with Crippen molar-refractivity contribution in [3.8, 4) is 0 Å². The summed E-state index contributed by atoms with van der Waals surface area (Å²) in [6.45, 7) is 4.80. The molecule has 1 aliphatic rings. The molecule has 4 rings (SSSR count). The van der Waals surface area contributed by atoms with E-state index in [1.54, 1.807) is 27.0 Å². The minimum absolute atomic E-state index is 0.201. The Labute approximate surface area is 163 Å². The Hall–Kier alpha value is -1.96. The minimum Gasteiger partial charge on any atom is -0.234 e. The van der Waals surface area contributed by atoms with Gasteiger partial charge >= 0.3 is 0 Å². The van der Waals surface area contributed by atoms with E-state index < -0.39 is 10.0 Å². The Balaban J connectivity index is 1.52. The highest BCUT2D eigenvalue weighted by Crippen LogP contribution is 2.31. The van der Waals surface area contributed by atoms with Crippen molar-refractivity contribution < 1.29 is 8.42 Å². The number of halogens is 1. The van der Waals surface area contributed by atoms with Gasteiger partial charge in [0.05, 0.1) is 10.6 Å². The predicted octanol–water partition coefficient (Wildman–Crippen LogP) is 3.57. The Morgan fingerprint density at radius 3 is 2.41 bits per heavy atom. The highest BCUT2D eigenvalue weighted by atomic mass is 35.5. The first kappa shape index (κ1) is 18.4. The molecule has 2 aromatic heterocycles. The molecule has 1 aliphatic heterocycles. The molecule has 1 saturated heterocycles. The molecule has 1 aromatic carbocycles. The number of rotatable bonds is 3. The van der Waals surface area contributed by atoms with Gasteiger partial charge in [-0.3, -0.25) is 0 Å². The van der Waals surface area contributed by atoms with E-state index >= 15 is 0 Å². The van der Waals surface area contributed by atoms with Gasteiger partial charge in [-0.2, -0.15) is 9.40 Å². The molecule has 27 heavy (non-hydrogen) atoms. The zero-order valence-corrected chi connectivity index (χ0v) is 16.8. The number of hydrogen-bond donors (Lipinski definition) is 0. The van der Waals surface area contributed by atoms with Crippen molar-refractivity contribution in [1.29, 1.82) is 0 Å². The molecular weight excluding hydrogens is 384 g/mol. The molecule has 8 heteroatoms. The maximum Gasteiger partial charge on any atom is 0.243 e. The smallest absolute Gasteiger partial charge is 0.234 e. The number of aryl methyl sites for hydroxylation is 2. The number of hydrogen-bond acceptors (Lipinski definition) is 4. The van der Waals surface area contributed by atoms with Gasteiger partial charge in [0.15, 0.2) is 5.65 Å². The maximum atomic E-state index is 12.8.